The number of amides is 1. The number of nitrogens with zero attached hydrogens (tertiary/aromatic N) is 1. The minimum atomic E-state index is -0.666. The van der Waals surface area contributed by atoms with Gasteiger partial charge >= 0.3 is 11.9 Å². The summed E-state index contributed by atoms with van der Waals surface area (Å²) in [5, 5.41) is 13.7. The number of benzene rings is 4. The van der Waals surface area contributed by atoms with E-state index in [0.717, 1.165) is 8.95 Å². The van der Waals surface area contributed by atoms with Crippen LogP contribution in [0.15, 0.2) is 105 Å². The Bertz CT molecular complexity index is 1520. The van der Waals surface area contributed by atoms with Crippen LogP contribution in [0.5, 0.6) is 17.2 Å². The van der Waals surface area contributed by atoms with Crippen LogP contribution >= 0.6 is 31.9 Å². The van der Waals surface area contributed by atoms with Crippen molar-refractivity contribution in [2.75, 3.05) is 0 Å². The first kappa shape index (κ1) is 26.8. The van der Waals surface area contributed by atoms with E-state index >= 15 is 0 Å². The molecule has 0 aliphatic rings. The van der Waals surface area contributed by atoms with Gasteiger partial charge in [0.15, 0.2) is 11.5 Å². The van der Waals surface area contributed by atoms with E-state index in [0.29, 0.717) is 11.1 Å². The van der Waals surface area contributed by atoms with Crippen molar-refractivity contribution in [1.29, 1.82) is 0 Å². The quantitative estimate of drug-likeness (QED) is 0.109. The Morgan fingerprint density at radius 3 is 1.87 bits per heavy atom. The Kier molecular flexibility index (Phi) is 8.67. The van der Waals surface area contributed by atoms with Gasteiger partial charge in [-0.3, -0.25) is 4.79 Å². The number of phenols is 1. The van der Waals surface area contributed by atoms with Crippen LogP contribution in [-0.2, 0) is 0 Å². The zero-order valence-electron chi connectivity index (χ0n) is 19.4. The third-order valence-corrected chi connectivity index (χ3v) is 6.12. The molecule has 0 fully saturated rings. The molecule has 0 bridgehead atoms. The van der Waals surface area contributed by atoms with Gasteiger partial charge in [0.2, 0.25) is 0 Å². The Hall–Kier alpha value is -4.28. The third-order valence-electron chi connectivity index (χ3n) is 5.06. The molecular weight excluding hydrogens is 620 g/mol. The summed E-state index contributed by atoms with van der Waals surface area (Å²) in [5.74, 6) is -2.12. The van der Waals surface area contributed by atoms with Crippen molar-refractivity contribution < 1.29 is 29.0 Å². The van der Waals surface area contributed by atoms with Crippen molar-refractivity contribution >= 4 is 55.9 Å². The summed E-state index contributed by atoms with van der Waals surface area (Å²) < 4.78 is 12.7. The van der Waals surface area contributed by atoms with Crippen LogP contribution in [0.1, 0.15) is 36.6 Å². The van der Waals surface area contributed by atoms with Crippen molar-refractivity contribution in [2.45, 2.75) is 0 Å². The average Bonchev–Trinajstić information content (AvgIpc) is 2.91. The summed E-state index contributed by atoms with van der Waals surface area (Å²) in [5.41, 5.74) is 3.40. The number of para-hydroxylation sites is 1. The predicted molar refractivity (Wildman–Crippen MR) is 148 cm³/mol. The number of carbonyl (C=O) groups excluding carboxylic acids is 3. The maximum absolute atomic E-state index is 12.8. The van der Waals surface area contributed by atoms with E-state index in [9.17, 15) is 19.5 Å². The number of carbonyl (C=O) groups is 3. The molecule has 0 radical (unpaired) electrons. The van der Waals surface area contributed by atoms with E-state index < -0.39 is 17.8 Å². The number of nitrogens with one attached hydrogen (secondary N) is 1. The van der Waals surface area contributed by atoms with E-state index in [2.05, 4.69) is 42.4 Å². The van der Waals surface area contributed by atoms with E-state index in [4.69, 9.17) is 9.47 Å². The first-order valence-corrected chi connectivity index (χ1v) is 12.6. The fraction of sp³-hybridized carbons (Fsp3) is 0. The van der Waals surface area contributed by atoms with Crippen molar-refractivity contribution in [3.8, 4) is 17.2 Å². The van der Waals surface area contributed by atoms with Crippen LogP contribution in [0.25, 0.3) is 0 Å². The highest BCUT2D eigenvalue weighted by Gasteiger charge is 2.17. The van der Waals surface area contributed by atoms with E-state index in [1.807, 2.05) is 0 Å². The van der Waals surface area contributed by atoms with Gasteiger partial charge in [0.1, 0.15) is 5.75 Å². The first-order chi connectivity index (χ1) is 18.3. The van der Waals surface area contributed by atoms with Crippen LogP contribution < -0.4 is 14.9 Å². The highest BCUT2D eigenvalue weighted by atomic mass is 79.9. The van der Waals surface area contributed by atoms with E-state index in [1.165, 1.54) is 30.5 Å². The molecule has 0 aromatic heterocycles. The fourth-order valence-electron chi connectivity index (χ4n) is 3.15. The van der Waals surface area contributed by atoms with Crippen molar-refractivity contribution in [3.05, 3.63) is 122 Å². The van der Waals surface area contributed by atoms with Gasteiger partial charge in [0, 0.05) is 8.95 Å². The summed E-state index contributed by atoms with van der Waals surface area (Å²) in [6.45, 7) is 0. The number of aromatic hydroxyl groups is 1. The fourth-order valence-corrected chi connectivity index (χ4v) is 3.68. The van der Waals surface area contributed by atoms with Gasteiger partial charge in [-0.1, -0.05) is 44.0 Å². The van der Waals surface area contributed by atoms with Gasteiger partial charge in [-0.05, 0) is 84.4 Å². The van der Waals surface area contributed by atoms with Gasteiger partial charge in [0.25, 0.3) is 5.91 Å². The van der Waals surface area contributed by atoms with Gasteiger partial charge in [0.05, 0.1) is 22.9 Å². The maximum Gasteiger partial charge on any atom is 0.343 e. The Morgan fingerprint density at radius 2 is 1.29 bits per heavy atom. The number of hydrogen-bond acceptors (Lipinski definition) is 7. The summed E-state index contributed by atoms with van der Waals surface area (Å²) in [7, 11) is 0. The molecule has 0 heterocycles. The second-order valence-corrected chi connectivity index (χ2v) is 9.55. The van der Waals surface area contributed by atoms with Crippen LogP contribution in [0.3, 0.4) is 0 Å². The number of halogens is 2. The molecule has 0 saturated heterocycles. The standard InChI is InChI=1S/C28H18Br2N2O6/c29-20-10-6-18(7-11-20)27(35)37-24-14-5-17(16-31-32-26(34)22-3-1-2-4-23(22)33)15-25(24)38-28(36)19-8-12-21(30)13-9-19/h1-16,33H,(H,32,34)/b31-16-. The highest BCUT2D eigenvalue weighted by molar-refractivity contribution is 9.10. The largest absolute Gasteiger partial charge is 0.507 e. The molecule has 8 nitrogen and oxygen atoms in total. The second kappa shape index (κ2) is 12.3. The minimum absolute atomic E-state index is 0.0128. The molecule has 10 heteroatoms. The minimum Gasteiger partial charge on any atom is -0.507 e. The molecule has 0 atom stereocenters. The molecule has 4 aromatic rings. The summed E-state index contributed by atoms with van der Waals surface area (Å²) >= 11 is 6.64. The van der Waals surface area contributed by atoms with Gasteiger partial charge < -0.3 is 14.6 Å². The highest BCUT2D eigenvalue weighted by Crippen LogP contribution is 2.30. The normalized spacial score (nSPS) is 10.7. The lowest BCUT2D eigenvalue weighted by atomic mass is 10.2. The van der Waals surface area contributed by atoms with Gasteiger partial charge in [-0.15, -0.1) is 0 Å². The van der Waals surface area contributed by atoms with Gasteiger partial charge in [-0.2, -0.15) is 5.10 Å². The topological polar surface area (TPSA) is 114 Å². The number of ether oxygens (including phenoxy) is 2. The van der Waals surface area contributed by atoms with Crippen LogP contribution in [-0.4, -0.2) is 29.2 Å². The van der Waals surface area contributed by atoms with Crippen molar-refractivity contribution in [1.82, 2.24) is 5.43 Å². The SMILES string of the molecule is O=C(Oc1ccc(/C=N\NC(=O)c2ccccc2O)cc1OC(=O)c1ccc(Br)cc1)c1ccc(Br)cc1. The molecule has 4 rings (SSSR count). The Morgan fingerprint density at radius 1 is 0.737 bits per heavy atom. The maximum atomic E-state index is 12.8. The second-order valence-electron chi connectivity index (χ2n) is 7.72. The average molecular weight is 638 g/mol. The van der Waals surface area contributed by atoms with Crippen molar-refractivity contribution in [3.63, 3.8) is 0 Å². The molecule has 0 spiro atoms. The lowest BCUT2D eigenvalue weighted by Crippen LogP contribution is -2.17. The Balaban J connectivity index is 1.57. The summed E-state index contributed by atoms with van der Waals surface area (Å²) in [6, 6.07) is 23.6. The lowest BCUT2D eigenvalue weighted by Gasteiger charge is -2.12. The number of phenolic OH excluding ortho intramolecular Hbond substituents is 1. The third kappa shape index (κ3) is 6.93. The monoisotopic (exact) mass is 636 g/mol. The summed E-state index contributed by atoms with van der Waals surface area (Å²) in [6.07, 6.45) is 1.31. The number of esters is 2. The molecule has 0 aliphatic heterocycles. The van der Waals surface area contributed by atoms with Crippen molar-refractivity contribution in [2.24, 2.45) is 5.10 Å². The van der Waals surface area contributed by atoms with E-state index in [1.54, 1.807) is 66.7 Å². The van der Waals surface area contributed by atoms with E-state index in [-0.39, 0.29) is 28.4 Å². The first-order valence-electron chi connectivity index (χ1n) is 11.0. The molecular formula is C28H18Br2N2O6. The van der Waals surface area contributed by atoms with Crippen LogP contribution in [0.2, 0.25) is 0 Å². The zero-order valence-corrected chi connectivity index (χ0v) is 22.6. The molecule has 1 amide bonds. The molecule has 0 saturated carbocycles. The zero-order chi connectivity index (χ0) is 27.1. The molecule has 38 heavy (non-hydrogen) atoms. The Labute approximate surface area is 234 Å². The van der Waals surface area contributed by atoms with Gasteiger partial charge in [-0.25, -0.2) is 15.0 Å². The van der Waals surface area contributed by atoms with Crippen LogP contribution in [0, 0.1) is 0 Å². The molecule has 2 N–H and O–H groups in total. The van der Waals surface area contributed by atoms with Crippen LogP contribution in [0.4, 0.5) is 0 Å². The lowest BCUT2D eigenvalue weighted by molar-refractivity contribution is 0.0682. The summed E-state index contributed by atoms with van der Waals surface area (Å²) in [4.78, 5) is 37.7. The molecule has 190 valence electrons. The number of hydrogen-bond donors (Lipinski definition) is 2. The smallest absolute Gasteiger partial charge is 0.343 e. The molecule has 4 aromatic carbocycles. The molecule has 0 aliphatic carbocycles. The molecule has 0 unspecified atom stereocenters. The number of hydrazone groups is 1. The number of rotatable bonds is 7. The predicted octanol–water partition coefficient (Wildman–Crippen LogP) is 6.12.